The molecule has 2 aliphatic carbocycles. The molecule has 0 aromatic rings. The summed E-state index contributed by atoms with van der Waals surface area (Å²) in [7, 11) is 0. The highest BCUT2D eigenvalue weighted by atomic mass is 16.3. The van der Waals surface area contributed by atoms with Crippen LogP contribution in [0.25, 0.3) is 0 Å². The predicted octanol–water partition coefficient (Wildman–Crippen LogP) is 5.93. The molecule has 3 atom stereocenters. The minimum Gasteiger partial charge on any atom is -0.510 e. The number of carbonyl (C=O) groups excluding carboxylic acids is 3. The van der Waals surface area contributed by atoms with Crippen molar-refractivity contribution in [3.63, 3.8) is 0 Å². The fourth-order valence-electron chi connectivity index (χ4n) is 5.23. The third kappa shape index (κ3) is 3.42. The Balaban J connectivity index is 2.87. The Hall–Kier alpha value is -1.97. The van der Waals surface area contributed by atoms with Crippen LogP contribution in [0.5, 0.6) is 0 Å². The van der Waals surface area contributed by atoms with Gasteiger partial charge in [0, 0.05) is 5.92 Å². The van der Waals surface area contributed by atoms with Crippen LogP contribution in [0.2, 0.25) is 0 Å². The van der Waals surface area contributed by atoms with Crippen molar-refractivity contribution in [1.29, 1.82) is 0 Å². The maximum Gasteiger partial charge on any atom is 0.184 e. The standard InChI is InChI=1S/C26H38O4/c1-15(2)10-11-18-14-25(9)21(28)19(20(27)17(5)6)22(29)26(23(25)30,24(18,7)8)13-12-16(3)4/h10,12,17-18,28H,11,13-14H2,1-9H3/t18-,25+,26+/m1/s1. The molecule has 0 aliphatic heterocycles. The van der Waals surface area contributed by atoms with Crippen LogP contribution in [0, 0.1) is 28.1 Å². The van der Waals surface area contributed by atoms with Gasteiger partial charge in [-0.3, -0.25) is 14.4 Å². The van der Waals surface area contributed by atoms with Crippen LogP contribution >= 0.6 is 0 Å². The molecule has 1 fully saturated rings. The van der Waals surface area contributed by atoms with Crippen LogP contribution in [-0.4, -0.2) is 22.5 Å². The van der Waals surface area contributed by atoms with Crippen molar-refractivity contribution in [2.45, 2.75) is 81.6 Å². The third-order valence-electron chi connectivity index (χ3n) is 7.44. The molecular weight excluding hydrogens is 376 g/mol. The molecule has 2 rings (SSSR count). The van der Waals surface area contributed by atoms with E-state index in [-0.39, 0.29) is 35.2 Å². The van der Waals surface area contributed by atoms with Gasteiger partial charge in [0.05, 0.1) is 5.41 Å². The molecule has 0 aromatic heterocycles. The summed E-state index contributed by atoms with van der Waals surface area (Å²) in [6, 6.07) is 0. The molecule has 0 unspecified atom stereocenters. The highest BCUT2D eigenvalue weighted by Gasteiger charge is 2.71. The Kier molecular flexibility index (Phi) is 6.43. The van der Waals surface area contributed by atoms with E-state index in [1.54, 1.807) is 20.8 Å². The van der Waals surface area contributed by atoms with E-state index in [0.29, 0.717) is 6.42 Å². The Morgan fingerprint density at radius 3 is 2.07 bits per heavy atom. The molecule has 30 heavy (non-hydrogen) atoms. The van der Waals surface area contributed by atoms with Crippen molar-refractivity contribution in [3.8, 4) is 0 Å². The Labute approximate surface area is 181 Å². The average molecular weight is 415 g/mol. The Bertz CT molecular complexity index is 859. The SMILES string of the molecule is CC(C)=CC[C@@H]1C[C@]2(C)C(=O)[C@](CC=C(C)C)(C(=O)C(C(=O)C(C)C)=C2O)C1(C)C. The molecular formula is C26H38O4. The molecule has 0 amide bonds. The molecule has 0 radical (unpaired) electrons. The Morgan fingerprint density at radius 1 is 1.07 bits per heavy atom. The van der Waals surface area contributed by atoms with Crippen molar-refractivity contribution < 1.29 is 19.5 Å². The summed E-state index contributed by atoms with van der Waals surface area (Å²) in [5, 5.41) is 11.1. The lowest BCUT2D eigenvalue weighted by molar-refractivity contribution is -0.170. The maximum absolute atomic E-state index is 14.0. The first-order chi connectivity index (χ1) is 13.6. The first-order valence-corrected chi connectivity index (χ1v) is 11.0. The van der Waals surface area contributed by atoms with Gasteiger partial charge in [0.15, 0.2) is 17.3 Å². The molecule has 4 nitrogen and oxygen atoms in total. The number of hydrogen-bond donors (Lipinski definition) is 1. The van der Waals surface area contributed by atoms with Gasteiger partial charge in [0.25, 0.3) is 0 Å². The van der Waals surface area contributed by atoms with Crippen LogP contribution in [0.4, 0.5) is 0 Å². The van der Waals surface area contributed by atoms with E-state index in [1.807, 2.05) is 47.6 Å². The summed E-state index contributed by atoms with van der Waals surface area (Å²) in [6.07, 6.45) is 5.47. The predicted molar refractivity (Wildman–Crippen MR) is 120 cm³/mol. The van der Waals surface area contributed by atoms with Gasteiger partial charge in [-0.15, -0.1) is 0 Å². The smallest absolute Gasteiger partial charge is 0.184 e. The van der Waals surface area contributed by atoms with Gasteiger partial charge in [0.1, 0.15) is 16.7 Å². The Morgan fingerprint density at radius 2 is 1.60 bits per heavy atom. The minimum atomic E-state index is -1.36. The number of aliphatic hydroxyl groups excluding tert-OH is 1. The van der Waals surface area contributed by atoms with E-state index in [9.17, 15) is 19.5 Å². The van der Waals surface area contributed by atoms with Crippen molar-refractivity contribution in [3.05, 3.63) is 34.6 Å². The molecule has 2 bridgehead atoms. The molecule has 0 spiro atoms. The monoisotopic (exact) mass is 414 g/mol. The topological polar surface area (TPSA) is 71.4 Å². The summed E-state index contributed by atoms with van der Waals surface area (Å²) < 4.78 is 0. The van der Waals surface area contributed by atoms with Gasteiger partial charge in [-0.25, -0.2) is 0 Å². The van der Waals surface area contributed by atoms with Gasteiger partial charge in [-0.1, -0.05) is 51.0 Å². The van der Waals surface area contributed by atoms with Crippen LogP contribution in [0.15, 0.2) is 34.6 Å². The summed E-state index contributed by atoms with van der Waals surface area (Å²) >= 11 is 0. The van der Waals surface area contributed by atoms with Crippen molar-refractivity contribution >= 4 is 17.3 Å². The van der Waals surface area contributed by atoms with Crippen LogP contribution in [0.1, 0.15) is 81.6 Å². The summed E-state index contributed by atoms with van der Waals surface area (Å²) in [4.78, 5) is 40.9. The van der Waals surface area contributed by atoms with E-state index < -0.39 is 27.9 Å². The zero-order valence-corrected chi connectivity index (χ0v) is 20.1. The lowest BCUT2D eigenvalue weighted by Gasteiger charge is -2.59. The van der Waals surface area contributed by atoms with Gasteiger partial charge in [-0.2, -0.15) is 0 Å². The van der Waals surface area contributed by atoms with Crippen LogP contribution in [-0.2, 0) is 14.4 Å². The minimum absolute atomic E-state index is 0.0162. The normalized spacial score (nSPS) is 30.4. The molecule has 0 aromatic carbocycles. The summed E-state index contributed by atoms with van der Waals surface area (Å²) in [6.45, 7) is 17.1. The van der Waals surface area contributed by atoms with E-state index in [2.05, 4.69) is 6.08 Å². The first kappa shape index (κ1) is 24.3. The zero-order valence-electron chi connectivity index (χ0n) is 20.1. The fraction of sp³-hybridized carbons (Fsp3) is 0.654. The van der Waals surface area contributed by atoms with Crippen LogP contribution < -0.4 is 0 Å². The fourth-order valence-corrected chi connectivity index (χ4v) is 5.23. The van der Waals surface area contributed by atoms with E-state index in [0.717, 1.165) is 12.0 Å². The van der Waals surface area contributed by atoms with Gasteiger partial charge >= 0.3 is 0 Å². The molecule has 2 aliphatic rings. The van der Waals surface area contributed by atoms with Gasteiger partial charge < -0.3 is 5.11 Å². The molecule has 166 valence electrons. The number of aliphatic hydroxyl groups is 1. The number of rotatable bonds is 6. The second kappa shape index (κ2) is 7.94. The van der Waals surface area contributed by atoms with Crippen molar-refractivity contribution in [1.82, 2.24) is 0 Å². The second-order valence-electron chi connectivity index (χ2n) is 10.8. The zero-order chi connectivity index (χ0) is 23.2. The third-order valence-corrected chi connectivity index (χ3v) is 7.44. The maximum atomic E-state index is 14.0. The van der Waals surface area contributed by atoms with E-state index in [1.165, 1.54) is 5.57 Å². The first-order valence-electron chi connectivity index (χ1n) is 11.0. The molecule has 0 saturated heterocycles. The molecule has 4 heteroatoms. The molecule has 1 N–H and O–H groups in total. The second-order valence-corrected chi connectivity index (χ2v) is 10.8. The number of ketones is 3. The quantitative estimate of drug-likeness (QED) is 0.332. The van der Waals surface area contributed by atoms with Gasteiger partial charge in [0.2, 0.25) is 0 Å². The number of Topliss-reactive ketones (excluding diaryl/α,β-unsaturated/α-hetero) is 3. The number of carbonyl (C=O) groups is 3. The lowest BCUT2D eigenvalue weighted by atomic mass is 9.40. The lowest BCUT2D eigenvalue weighted by Crippen LogP contribution is -2.66. The largest absolute Gasteiger partial charge is 0.510 e. The molecule has 1 saturated carbocycles. The number of hydrogen-bond acceptors (Lipinski definition) is 4. The van der Waals surface area contributed by atoms with Crippen molar-refractivity contribution in [2.75, 3.05) is 0 Å². The number of fused-ring (bicyclic) bond motifs is 2. The van der Waals surface area contributed by atoms with Crippen LogP contribution in [0.3, 0.4) is 0 Å². The molecule has 0 heterocycles. The number of allylic oxidation sites excluding steroid dienone is 6. The van der Waals surface area contributed by atoms with Gasteiger partial charge in [-0.05, 0) is 65.2 Å². The van der Waals surface area contributed by atoms with E-state index >= 15 is 0 Å². The highest BCUT2D eigenvalue weighted by molar-refractivity contribution is 6.32. The summed E-state index contributed by atoms with van der Waals surface area (Å²) in [5.41, 5.74) is -1.20. The average Bonchev–Trinajstić information content (AvgIpc) is 2.62. The summed E-state index contributed by atoms with van der Waals surface area (Å²) in [5.74, 6) is -1.85. The van der Waals surface area contributed by atoms with E-state index in [4.69, 9.17) is 0 Å². The highest BCUT2D eigenvalue weighted by Crippen LogP contribution is 2.65. The van der Waals surface area contributed by atoms with Crippen molar-refractivity contribution in [2.24, 2.45) is 28.1 Å².